The van der Waals surface area contributed by atoms with Crippen molar-refractivity contribution in [1.29, 1.82) is 10.5 Å². The highest BCUT2D eigenvalue weighted by Crippen LogP contribution is 2.30. The van der Waals surface area contributed by atoms with Crippen molar-refractivity contribution < 1.29 is 26.4 Å². The number of carbonyl (C=O) groups excluding carboxylic acids is 1. The van der Waals surface area contributed by atoms with Gasteiger partial charge in [0.15, 0.2) is 0 Å². The number of sulfonamides is 1. The number of nitriles is 2. The molecule has 0 saturated heterocycles. The Hall–Kier alpha value is -2.63. The molecule has 0 aliphatic carbocycles. The van der Waals surface area contributed by atoms with Crippen molar-refractivity contribution in [2.24, 2.45) is 0 Å². The maximum atomic E-state index is 12.6. The minimum atomic E-state index is -4.71. The molecule has 128 valence electrons. The molecule has 1 aromatic rings. The number of hydrogen-bond donors (Lipinski definition) is 1. The van der Waals surface area contributed by atoms with E-state index < -0.39 is 52.2 Å². The molecule has 7 nitrogen and oxygen atoms in total. The fraction of sp³-hybridized carbons (Fsp3) is 0.308. The molecule has 0 aliphatic heterocycles. The quantitative estimate of drug-likeness (QED) is 0.756. The van der Waals surface area contributed by atoms with Crippen LogP contribution in [0.25, 0.3) is 0 Å². The Morgan fingerprint density at radius 3 is 2.29 bits per heavy atom. The van der Waals surface area contributed by atoms with Gasteiger partial charge in [-0.15, -0.1) is 0 Å². The molecule has 1 amide bonds. The van der Waals surface area contributed by atoms with E-state index in [-0.39, 0.29) is 0 Å². The minimum absolute atomic E-state index is 0.419. The molecule has 1 rings (SSSR count). The van der Waals surface area contributed by atoms with E-state index >= 15 is 0 Å². The largest absolute Gasteiger partial charge is 0.416 e. The average Bonchev–Trinajstić information content (AvgIpc) is 2.52. The molecular weight excluding hydrogens is 349 g/mol. The van der Waals surface area contributed by atoms with Gasteiger partial charge in [-0.3, -0.25) is 4.79 Å². The SMILES string of the molecule is N#CCN(CC#N)C(=O)CNS(=O)(=O)c1cccc(C(F)(F)F)c1. The van der Waals surface area contributed by atoms with Gasteiger partial charge in [-0.05, 0) is 18.2 Å². The molecule has 0 aromatic heterocycles. The monoisotopic (exact) mass is 360 g/mol. The molecule has 0 unspecified atom stereocenters. The van der Waals surface area contributed by atoms with Gasteiger partial charge in [-0.25, -0.2) is 13.1 Å². The van der Waals surface area contributed by atoms with Crippen LogP contribution in [0, 0.1) is 22.7 Å². The number of halogens is 3. The van der Waals surface area contributed by atoms with Crippen LogP contribution in [-0.2, 0) is 21.0 Å². The lowest BCUT2D eigenvalue weighted by Gasteiger charge is -2.16. The molecule has 0 atom stereocenters. The lowest BCUT2D eigenvalue weighted by atomic mass is 10.2. The van der Waals surface area contributed by atoms with Gasteiger partial charge in [0.25, 0.3) is 0 Å². The molecular formula is C13H11F3N4O3S. The summed E-state index contributed by atoms with van der Waals surface area (Å²) >= 11 is 0. The van der Waals surface area contributed by atoms with E-state index in [2.05, 4.69) is 0 Å². The topological polar surface area (TPSA) is 114 Å². The summed E-state index contributed by atoms with van der Waals surface area (Å²) in [4.78, 5) is 11.9. The third kappa shape index (κ3) is 5.22. The number of benzene rings is 1. The summed E-state index contributed by atoms with van der Waals surface area (Å²) in [5.74, 6) is -0.853. The Labute approximate surface area is 135 Å². The van der Waals surface area contributed by atoms with Gasteiger partial charge in [-0.2, -0.15) is 23.7 Å². The van der Waals surface area contributed by atoms with Crippen molar-refractivity contribution in [3.8, 4) is 12.1 Å². The van der Waals surface area contributed by atoms with Gasteiger partial charge in [0.05, 0.1) is 29.1 Å². The van der Waals surface area contributed by atoms with Gasteiger partial charge in [0.1, 0.15) is 13.1 Å². The molecule has 0 radical (unpaired) electrons. The maximum Gasteiger partial charge on any atom is 0.416 e. The Bertz CT molecular complexity index is 778. The average molecular weight is 360 g/mol. The van der Waals surface area contributed by atoms with Crippen LogP contribution in [0.5, 0.6) is 0 Å². The van der Waals surface area contributed by atoms with Crippen molar-refractivity contribution in [3.63, 3.8) is 0 Å². The first kappa shape index (κ1) is 19.4. The molecule has 0 heterocycles. The maximum absolute atomic E-state index is 12.6. The van der Waals surface area contributed by atoms with E-state index in [0.717, 1.165) is 17.0 Å². The molecule has 24 heavy (non-hydrogen) atoms. The van der Waals surface area contributed by atoms with Gasteiger partial charge in [0.2, 0.25) is 15.9 Å². The fourth-order valence-corrected chi connectivity index (χ4v) is 2.61. The highest BCUT2D eigenvalue weighted by molar-refractivity contribution is 7.89. The van der Waals surface area contributed by atoms with Crippen molar-refractivity contribution in [2.75, 3.05) is 19.6 Å². The van der Waals surface area contributed by atoms with Crippen molar-refractivity contribution in [2.45, 2.75) is 11.1 Å². The number of alkyl halides is 3. The first-order valence-electron chi connectivity index (χ1n) is 6.30. The normalized spacial score (nSPS) is 11.4. The Balaban J connectivity index is 2.90. The Morgan fingerprint density at radius 1 is 1.21 bits per heavy atom. The molecule has 0 aliphatic rings. The Morgan fingerprint density at radius 2 is 1.79 bits per heavy atom. The number of amides is 1. The molecule has 1 aromatic carbocycles. The molecule has 0 bridgehead atoms. The molecule has 0 fully saturated rings. The van der Waals surface area contributed by atoms with Crippen molar-refractivity contribution >= 4 is 15.9 Å². The molecule has 0 saturated carbocycles. The minimum Gasteiger partial charge on any atom is -0.315 e. The summed E-state index contributed by atoms with van der Waals surface area (Å²) in [6.07, 6.45) is -4.71. The predicted molar refractivity (Wildman–Crippen MR) is 74.4 cm³/mol. The van der Waals surface area contributed by atoms with E-state index in [1.165, 1.54) is 0 Å². The number of hydrogen-bond acceptors (Lipinski definition) is 5. The van der Waals surface area contributed by atoms with E-state index in [9.17, 15) is 26.4 Å². The van der Waals surface area contributed by atoms with E-state index in [0.29, 0.717) is 12.1 Å². The van der Waals surface area contributed by atoms with Crippen LogP contribution in [0.4, 0.5) is 13.2 Å². The van der Waals surface area contributed by atoms with Crippen LogP contribution in [0.2, 0.25) is 0 Å². The number of carbonyl (C=O) groups is 1. The second-order valence-electron chi connectivity index (χ2n) is 4.42. The zero-order valence-corrected chi connectivity index (χ0v) is 12.9. The summed E-state index contributed by atoms with van der Waals surface area (Å²) in [7, 11) is -4.36. The van der Waals surface area contributed by atoms with Gasteiger partial charge in [0, 0.05) is 0 Å². The number of rotatable bonds is 6. The van der Waals surface area contributed by atoms with E-state index in [1.807, 2.05) is 4.72 Å². The van der Waals surface area contributed by atoms with Crippen molar-refractivity contribution in [1.82, 2.24) is 9.62 Å². The summed E-state index contributed by atoms with van der Waals surface area (Å²) in [5.41, 5.74) is -1.15. The summed E-state index contributed by atoms with van der Waals surface area (Å²) < 4.78 is 63.6. The van der Waals surface area contributed by atoms with Gasteiger partial charge >= 0.3 is 6.18 Å². The summed E-state index contributed by atoms with van der Waals surface area (Å²) in [6.45, 7) is -1.63. The fourth-order valence-electron chi connectivity index (χ4n) is 1.59. The van der Waals surface area contributed by atoms with Gasteiger partial charge < -0.3 is 4.90 Å². The van der Waals surface area contributed by atoms with Crippen LogP contribution in [0.1, 0.15) is 5.56 Å². The Kier molecular flexibility index (Phi) is 6.28. The number of nitrogens with zero attached hydrogens (tertiary/aromatic N) is 3. The smallest absolute Gasteiger partial charge is 0.315 e. The molecule has 0 spiro atoms. The lowest BCUT2D eigenvalue weighted by molar-refractivity contribution is -0.137. The first-order valence-corrected chi connectivity index (χ1v) is 7.78. The van der Waals surface area contributed by atoms with Gasteiger partial charge in [-0.1, -0.05) is 6.07 Å². The van der Waals surface area contributed by atoms with Crippen LogP contribution >= 0.6 is 0 Å². The standard InChI is InChI=1S/C13H11F3N4O3S/c14-13(15,16)10-2-1-3-11(8-10)24(22,23)19-9-12(21)20(6-4-17)7-5-18/h1-3,8,19H,6-7,9H2. The zero-order chi connectivity index (χ0) is 18.4. The second kappa shape index (κ2) is 7.77. The summed E-state index contributed by atoms with van der Waals surface area (Å²) in [6, 6.07) is 6.31. The zero-order valence-electron chi connectivity index (χ0n) is 12.0. The van der Waals surface area contributed by atoms with E-state index in [4.69, 9.17) is 10.5 Å². The van der Waals surface area contributed by atoms with Crippen LogP contribution in [0.3, 0.4) is 0 Å². The van der Waals surface area contributed by atoms with Crippen LogP contribution < -0.4 is 4.72 Å². The summed E-state index contributed by atoms with van der Waals surface area (Å²) in [5, 5.41) is 17.1. The highest BCUT2D eigenvalue weighted by Gasteiger charge is 2.31. The molecule has 1 N–H and O–H groups in total. The third-order valence-corrected chi connectivity index (χ3v) is 4.16. The molecule has 11 heteroatoms. The third-order valence-electron chi connectivity index (χ3n) is 2.76. The van der Waals surface area contributed by atoms with E-state index in [1.54, 1.807) is 12.1 Å². The van der Waals surface area contributed by atoms with Crippen LogP contribution in [-0.4, -0.2) is 38.9 Å². The second-order valence-corrected chi connectivity index (χ2v) is 6.18. The lowest BCUT2D eigenvalue weighted by Crippen LogP contribution is -2.40. The number of nitrogens with one attached hydrogen (secondary N) is 1. The highest BCUT2D eigenvalue weighted by atomic mass is 32.2. The predicted octanol–water partition coefficient (Wildman–Crippen LogP) is 0.859. The van der Waals surface area contributed by atoms with Crippen molar-refractivity contribution in [3.05, 3.63) is 29.8 Å². The van der Waals surface area contributed by atoms with Crippen LogP contribution in [0.15, 0.2) is 29.2 Å². The first-order chi connectivity index (χ1) is 11.1.